The number of fused-ring (bicyclic) bond motifs is 1. The monoisotopic (exact) mass is 285 g/mol. The molecule has 4 nitrogen and oxygen atoms in total. The summed E-state index contributed by atoms with van der Waals surface area (Å²) in [6.45, 7) is 7.10. The van der Waals surface area contributed by atoms with Gasteiger partial charge in [-0.1, -0.05) is 32.0 Å². The van der Waals surface area contributed by atoms with Crippen molar-refractivity contribution in [3.8, 4) is 5.75 Å². The molecule has 1 aromatic heterocycles. The molecule has 0 radical (unpaired) electrons. The Morgan fingerprint density at radius 3 is 3.05 bits per heavy atom. The minimum absolute atomic E-state index is 0.209. The standard InChI is InChI=1S/C17H23N3O/c1-13(2)10-18-11-17-19-7-8-20(17)12-15-9-14-5-3-4-6-16(14)21-15/h3-8,13,15,18H,9-12H2,1-2H3. The highest BCUT2D eigenvalue weighted by Gasteiger charge is 2.23. The van der Waals surface area contributed by atoms with E-state index >= 15 is 0 Å². The van der Waals surface area contributed by atoms with E-state index in [0.29, 0.717) is 5.92 Å². The van der Waals surface area contributed by atoms with Crippen molar-refractivity contribution in [2.75, 3.05) is 6.54 Å². The Balaban J connectivity index is 1.58. The van der Waals surface area contributed by atoms with Gasteiger partial charge in [0, 0.05) is 18.8 Å². The molecule has 1 atom stereocenters. The second kappa shape index (κ2) is 6.31. The van der Waals surface area contributed by atoms with E-state index < -0.39 is 0 Å². The van der Waals surface area contributed by atoms with Gasteiger partial charge in [0.05, 0.1) is 13.1 Å². The lowest BCUT2D eigenvalue weighted by atomic mass is 10.1. The second-order valence-electron chi connectivity index (χ2n) is 6.07. The summed E-state index contributed by atoms with van der Waals surface area (Å²) in [4.78, 5) is 4.45. The predicted molar refractivity (Wildman–Crippen MR) is 83.3 cm³/mol. The summed E-state index contributed by atoms with van der Waals surface area (Å²) in [5, 5.41) is 3.45. The van der Waals surface area contributed by atoms with E-state index in [1.807, 2.05) is 24.5 Å². The van der Waals surface area contributed by atoms with Crippen molar-refractivity contribution in [2.24, 2.45) is 5.92 Å². The molecular weight excluding hydrogens is 262 g/mol. The Morgan fingerprint density at radius 2 is 2.24 bits per heavy atom. The molecule has 2 heterocycles. The number of nitrogens with one attached hydrogen (secondary N) is 1. The number of hydrogen-bond donors (Lipinski definition) is 1. The van der Waals surface area contributed by atoms with Gasteiger partial charge < -0.3 is 14.6 Å². The maximum Gasteiger partial charge on any atom is 0.123 e. The van der Waals surface area contributed by atoms with Gasteiger partial charge in [-0.3, -0.25) is 0 Å². The minimum atomic E-state index is 0.209. The molecule has 1 aromatic carbocycles. The van der Waals surface area contributed by atoms with Crippen molar-refractivity contribution in [1.82, 2.24) is 14.9 Å². The zero-order valence-electron chi connectivity index (χ0n) is 12.7. The number of ether oxygens (including phenoxy) is 1. The Morgan fingerprint density at radius 1 is 1.38 bits per heavy atom. The lowest BCUT2D eigenvalue weighted by Crippen LogP contribution is -2.25. The largest absolute Gasteiger partial charge is 0.488 e. The summed E-state index contributed by atoms with van der Waals surface area (Å²) in [6.07, 6.45) is 5.10. The van der Waals surface area contributed by atoms with Gasteiger partial charge in [-0.2, -0.15) is 0 Å². The molecule has 1 unspecified atom stereocenters. The summed E-state index contributed by atoms with van der Waals surface area (Å²) in [5.74, 6) is 2.76. The van der Waals surface area contributed by atoms with E-state index in [1.165, 1.54) is 5.56 Å². The van der Waals surface area contributed by atoms with E-state index in [1.54, 1.807) is 0 Å². The fourth-order valence-electron chi connectivity index (χ4n) is 2.72. The summed E-state index contributed by atoms with van der Waals surface area (Å²) >= 11 is 0. The smallest absolute Gasteiger partial charge is 0.123 e. The van der Waals surface area contributed by atoms with Crippen molar-refractivity contribution < 1.29 is 4.74 Å². The molecule has 2 aromatic rings. The lowest BCUT2D eigenvalue weighted by Gasteiger charge is -2.14. The van der Waals surface area contributed by atoms with E-state index in [2.05, 4.69) is 40.8 Å². The average Bonchev–Trinajstić information content (AvgIpc) is 3.05. The zero-order chi connectivity index (χ0) is 14.7. The number of nitrogens with zero attached hydrogens (tertiary/aromatic N) is 2. The number of rotatable bonds is 6. The van der Waals surface area contributed by atoms with Crippen LogP contribution in [0.1, 0.15) is 25.2 Å². The predicted octanol–water partition coefficient (Wildman–Crippen LogP) is 2.63. The third kappa shape index (κ3) is 3.45. The van der Waals surface area contributed by atoms with Crippen LogP contribution in [0.2, 0.25) is 0 Å². The lowest BCUT2D eigenvalue weighted by molar-refractivity contribution is 0.207. The van der Waals surface area contributed by atoms with Crippen LogP contribution in [0, 0.1) is 5.92 Å². The Labute approximate surface area is 126 Å². The Hall–Kier alpha value is -1.81. The van der Waals surface area contributed by atoms with Gasteiger partial charge in [-0.05, 0) is 24.1 Å². The summed E-state index contributed by atoms with van der Waals surface area (Å²) in [7, 11) is 0. The maximum absolute atomic E-state index is 6.01. The Bertz CT molecular complexity index is 566. The molecule has 1 N–H and O–H groups in total. The quantitative estimate of drug-likeness (QED) is 0.887. The molecule has 0 fully saturated rings. The van der Waals surface area contributed by atoms with Crippen LogP contribution in [-0.4, -0.2) is 22.2 Å². The third-order valence-electron chi connectivity index (χ3n) is 3.75. The molecule has 0 bridgehead atoms. The van der Waals surface area contributed by atoms with Crippen molar-refractivity contribution >= 4 is 0 Å². The summed E-state index contributed by atoms with van der Waals surface area (Å²) in [6, 6.07) is 8.30. The minimum Gasteiger partial charge on any atom is -0.488 e. The van der Waals surface area contributed by atoms with E-state index in [0.717, 1.165) is 37.6 Å². The van der Waals surface area contributed by atoms with Gasteiger partial charge in [0.25, 0.3) is 0 Å². The molecular formula is C17H23N3O. The topological polar surface area (TPSA) is 39.1 Å². The molecule has 21 heavy (non-hydrogen) atoms. The summed E-state index contributed by atoms with van der Waals surface area (Å²) < 4.78 is 8.21. The van der Waals surface area contributed by atoms with Crippen LogP contribution in [0.4, 0.5) is 0 Å². The highest BCUT2D eigenvalue weighted by Crippen LogP contribution is 2.28. The summed E-state index contributed by atoms with van der Waals surface area (Å²) in [5.41, 5.74) is 1.31. The van der Waals surface area contributed by atoms with Gasteiger partial charge >= 0.3 is 0 Å². The number of hydrogen-bond acceptors (Lipinski definition) is 3. The molecule has 1 aliphatic rings. The maximum atomic E-state index is 6.01. The van der Waals surface area contributed by atoms with Crippen LogP contribution in [0.5, 0.6) is 5.75 Å². The first-order valence-electron chi connectivity index (χ1n) is 7.67. The van der Waals surface area contributed by atoms with Crippen molar-refractivity contribution in [3.63, 3.8) is 0 Å². The van der Waals surface area contributed by atoms with Crippen molar-refractivity contribution in [3.05, 3.63) is 48.0 Å². The fraction of sp³-hybridized carbons (Fsp3) is 0.471. The van der Waals surface area contributed by atoms with E-state index in [9.17, 15) is 0 Å². The van der Waals surface area contributed by atoms with Crippen LogP contribution < -0.4 is 10.1 Å². The molecule has 112 valence electrons. The van der Waals surface area contributed by atoms with Gasteiger partial charge in [0.2, 0.25) is 0 Å². The molecule has 4 heteroatoms. The SMILES string of the molecule is CC(C)CNCc1nccn1CC1Cc2ccccc2O1. The highest BCUT2D eigenvalue weighted by atomic mass is 16.5. The first-order chi connectivity index (χ1) is 10.2. The highest BCUT2D eigenvalue weighted by molar-refractivity contribution is 5.37. The molecule has 1 aliphatic heterocycles. The number of aromatic nitrogens is 2. The number of benzene rings is 1. The molecule has 0 saturated heterocycles. The first-order valence-corrected chi connectivity index (χ1v) is 7.67. The normalized spacial score (nSPS) is 17.0. The molecule has 0 spiro atoms. The van der Waals surface area contributed by atoms with Gasteiger partial charge in [-0.25, -0.2) is 4.98 Å². The molecule has 0 aliphatic carbocycles. The number of para-hydroxylation sites is 1. The first kappa shape index (κ1) is 14.1. The van der Waals surface area contributed by atoms with E-state index in [-0.39, 0.29) is 6.10 Å². The van der Waals surface area contributed by atoms with E-state index in [4.69, 9.17) is 4.74 Å². The van der Waals surface area contributed by atoms with Crippen LogP contribution in [0.3, 0.4) is 0 Å². The average molecular weight is 285 g/mol. The fourth-order valence-corrected chi connectivity index (χ4v) is 2.72. The van der Waals surface area contributed by atoms with Crippen LogP contribution in [0.15, 0.2) is 36.7 Å². The number of imidazole rings is 1. The van der Waals surface area contributed by atoms with Crippen molar-refractivity contribution in [2.45, 2.75) is 39.5 Å². The molecule has 0 amide bonds. The third-order valence-corrected chi connectivity index (χ3v) is 3.75. The van der Waals surface area contributed by atoms with Crippen LogP contribution in [0.25, 0.3) is 0 Å². The van der Waals surface area contributed by atoms with Crippen LogP contribution >= 0.6 is 0 Å². The van der Waals surface area contributed by atoms with Gasteiger partial charge in [0.15, 0.2) is 0 Å². The Kier molecular flexibility index (Phi) is 4.25. The van der Waals surface area contributed by atoms with Gasteiger partial charge in [-0.15, -0.1) is 0 Å². The zero-order valence-corrected chi connectivity index (χ0v) is 12.7. The van der Waals surface area contributed by atoms with Gasteiger partial charge in [0.1, 0.15) is 17.7 Å². The van der Waals surface area contributed by atoms with Crippen molar-refractivity contribution in [1.29, 1.82) is 0 Å². The second-order valence-corrected chi connectivity index (χ2v) is 6.07. The van der Waals surface area contributed by atoms with Crippen LogP contribution in [-0.2, 0) is 19.5 Å². The molecule has 0 saturated carbocycles. The molecule has 3 rings (SSSR count).